The summed E-state index contributed by atoms with van der Waals surface area (Å²) in [4.78, 5) is 34.7. The molecular formula is C23H28N4O2. The molecule has 6 nitrogen and oxygen atoms in total. The molecule has 2 aliphatic rings. The van der Waals surface area contributed by atoms with E-state index in [4.69, 9.17) is 0 Å². The lowest BCUT2D eigenvalue weighted by atomic mass is 9.99. The number of para-hydroxylation sites is 1. The van der Waals surface area contributed by atoms with Gasteiger partial charge in [-0.3, -0.25) is 9.59 Å². The average molecular weight is 393 g/mol. The van der Waals surface area contributed by atoms with Crippen LogP contribution in [0.15, 0.2) is 48.7 Å². The summed E-state index contributed by atoms with van der Waals surface area (Å²) in [5, 5.41) is 3.04. The van der Waals surface area contributed by atoms with E-state index < -0.39 is 5.41 Å². The van der Waals surface area contributed by atoms with E-state index >= 15 is 0 Å². The highest BCUT2D eigenvalue weighted by Gasteiger charge is 2.58. The maximum Gasteiger partial charge on any atom is 0.240 e. The molecule has 1 aliphatic carbocycles. The Morgan fingerprint density at radius 2 is 1.69 bits per heavy atom. The van der Waals surface area contributed by atoms with Gasteiger partial charge < -0.3 is 15.1 Å². The number of benzene rings is 1. The zero-order valence-electron chi connectivity index (χ0n) is 17.1. The highest BCUT2D eigenvalue weighted by atomic mass is 16.2. The van der Waals surface area contributed by atoms with Crippen LogP contribution in [0.25, 0.3) is 0 Å². The Bertz CT molecular complexity index is 885. The number of amides is 2. The fourth-order valence-electron chi connectivity index (χ4n) is 4.00. The third-order valence-electron chi connectivity index (χ3n) is 5.97. The van der Waals surface area contributed by atoms with Gasteiger partial charge in [-0.2, -0.15) is 0 Å². The Balaban J connectivity index is 1.41. The van der Waals surface area contributed by atoms with Crippen molar-refractivity contribution in [3.05, 3.63) is 54.2 Å². The highest BCUT2D eigenvalue weighted by molar-refractivity contribution is 6.13. The number of pyridine rings is 1. The Morgan fingerprint density at radius 1 is 1.00 bits per heavy atom. The van der Waals surface area contributed by atoms with Gasteiger partial charge in [-0.25, -0.2) is 4.98 Å². The van der Waals surface area contributed by atoms with Gasteiger partial charge in [0, 0.05) is 38.1 Å². The molecule has 4 rings (SSSR count). The second-order valence-electron chi connectivity index (χ2n) is 8.25. The third kappa shape index (κ3) is 3.84. The summed E-state index contributed by atoms with van der Waals surface area (Å²) in [5.74, 6) is 1.04. The van der Waals surface area contributed by atoms with Crippen molar-refractivity contribution in [3.8, 4) is 0 Å². The van der Waals surface area contributed by atoms with Crippen LogP contribution in [0.3, 0.4) is 0 Å². The van der Waals surface area contributed by atoms with Crippen LogP contribution in [0.5, 0.6) is 0 Å². The molecule has 2 amide bonds. The number of rotatable bonds is 5. The van der Waals surface area contributed by atoms with Gasteiger partial charge in [-0.05, 0) is 42.5 Å². The number of carbonyl (C=O) groups is 2. The van der Waals surface area contributed by atoms with E-state index in [1.807, 2.05) is 47.4 Å². The summed E-state index contributed by atoms with van der Waals surface area (Å²) in [6.07, 6.45) is 3.04. The molecule has 0 bridgehead atoms. The van der Waals surface area contributed by atoms with Crippen molar-refractivity contribution in [2.24, 2.45) is 5.41 Å². The van der Waals surface area contributed by atoms with E-state index in [-0.39, 0.29) is 11.8 Å². The first-order valence-corrected chi connectivity index (χ1v) is 10.4. The van der Waals surface area contributed by atoms with Crippen LogP contribution in [-0.4, -0.2) is 47.9 Å². The molecule has 0 spiro atoms. The summed E-state index contributed by atoms with van der Waals surface area (Å²) in [6, 6.07) is 13.7. The van der Waals surface area contributed by atoms with Crippen molar-refractivity contribution in [1.29, 1.82) is 0 Å². The van der Waals surface area contributed by atoms with Crippen molar-refractivity contribution in [2.45, 2.75) is 32.6 Å². The van der Waals surface area contributed by atoms with Gasteiger partial charge in [-0.15, -0.1) is 0 Å². The van der Waals surface area contributed by atoms with E-state index in [0.717, 1.165) is 30.2 Å². The predicted molar refractivity (Wildman–Crippen MR) is 114 cm³/mol. The smallest absolute Gasteiger partial charge is 0.240 e. The van der Waals surface area contributed by atoms with E-state index in [1.165, 1.54) is 0 Å². The number of nitrogens with zero attached hydrogens (tertiary/aromatic N) is 3. The molecule has 2 aromatic rings. The number of hydrogen-bond acceptors (Lipinski definition) is 4. The summed E-state index contributed by atoms with van der Waals surface area (Å²) >= 11 is 0. The first-order valence-electron chi connectivity index (χ1n) is 10.4. The molecule has 1 saturated carbocycles. The number of carbonyl (C=O) groups excluding carboxylic acids is 2. The molecule has 6 heteroatoms. The molecule has 0 atom stereocenters. The normalized spacial score (nSPS) is 17.9. The summed E-state index contributed by atoms with van der Waals surface area (Å²) in [7, 11) is 0. The molecule has 152 valence electrons. The van der Waals surface area contributed by atoms with Crippen LogP contribution in [-0.2, 0) is 9.59 Å². The second kappa shape index (κ2) is 7.85. The minimum absolute atomic E-state index is 0.0299. The Morgan fingerprint density at radius 3 is 2.31 bits per heavy atom. The van der Waals surface area contributed by atoms with Crippen LogP contribution >= 0.6 is 0 Å². The summed E-state index contributed by atoms with van der Waals surface area (Å²) in [5.41, 5.74) is 1.01. The minimum atomic E-state index is -0.892. The lowest BCUT2D eigenvalue weighted by molar-refractivity contribution is -0.142. The van der Waals surface area contributed by atoms with Crippen molar-refractivity contribution < 1.29 is 9.59 Å². The quantitative estimate of drug-likeness (QED) is 0.793. The number of anilines is 2. The van der Waals surface area contributed by atoms with Crippen molar-refractivity contribution >= 4 is 23.3 Å². The second-order valence-corrected chi connectivity index (χ2v) is 8.25. The van der Waals surface area contributed by atoms with Crippen LogP contribution in [0, 0.1) is 5.41 Å². The van der Waals surface area contributed by atoms with E-state index in [0.29, 0.717) is 31.8 Å². The van der Waals surface area contributed by atoms with Crippen LogP contribution in [0.4, 0.5) is 11.5 Å². The van der Waals surface area contributed by atoms with Gasteiger partial charge in [0.25, 0.3) is 0 Å². The summed E-state index contributed by atoms with van der Waals surface area (Å²) in [6.45, 7) is 6.90. The van der Waals surface area contributed by atoms with E-state index in [2.05, 4.69) is 29.0 Å². The average Bonchev–Trinajstić information content (AvgIpc) is 3.56. The maximum absolute atomic E-state index is 13.2. The topological polar surface area (TPSA) is 65.5 Å². The monoisotopic (exact) mass is 392 g/mol. The molecule has 0 unspecified atom stereocenters. The summed E-state index contributed by atoms with van der Waals surface area (Å²) < 4.78 is 0. The molecule has 1 aromatic heterocycles. The van der Waals surface area contributed by atoms with Gasteiger partial charge in [0.15, 0.2) is 0 Å². The Labute approximate surface area is 171 Å². The van der Waals surface area contributed by atoms with Crippen LogP contribution < -0.4 is 10.2 Å². The first-order chi connectivity index (χ1) is 14.0. The zero-order valence-corrected chi connectivity index (χ0v) is 17.1. The van der Waals surface area contributed by atoms with Gasteiger partial charge >= 0.3 is 0 Å². The predicted octanol–water partition coefficient (Wildman–Crippen LogP) is 3.27. The largest absolute Gasteiger partial charge is 0.353 e. The number of aromatic nitrogens is 1. The number of nitrogens with one attached hydrogen (secondary N) is 1. The fourth-order valence-corrected chi connectivity index (χ4v) is 4.00. The standard InChI is InChI=1S/C23H28N4O2/c1-17(2)18-7-3-4-8-19(18)25-21(28)23(10-11-23)22(29)27-15-13-26(14-16-27)20-9-5-6-12-24-20/h3-9,12,17H,10-11,13-16H2,1-2H3,(H,25,28). The molecular weight excluding hydrogens is 364 g/mol. The van der Waals surface area contributed by atoms with Gasteiger partial charge in [-0.1, -0.05) is 38.1 Å². The van der Waals surface area contributed by atoms with E-state index in [1.54, 1.807) is 6.20 Å². The Hall–Kier alpha value is -2.89. The fraction of sp³-hybridized carbons (Fsp3) is 0.435. The molecule has 1 aromatic carbocycles. The SMILES string of the molecule is CC(C)c1ccccc1NC(=O)C1(C(=O)N2CCN(c3ccccn3)CC2)CC1. The maximum atomic E-state index is 13.2. The lowest BCUT2D eigenvalue weighted by Crippen LogP contribution is -2.52. The molecule has 1 N–H and O–H groups in total. The number of hydrogen-bond donors (Lipinski definition) is 1. The van der Waals surface area contributed by atoms with Crippen molar-refractivity contribution in [1.82, 2.24) is 9.88 Å². The van der Waals surface area contributed by atoms with Crippen LogP contribution in [0.1, 0.15) is 38.2 Å². The third-order valence-corrected chi connectivity index (χ3v) is 5.97. The van der Waals surface area contributed by atoms with Crippen LogP contribution in [0.2, 0.25) is 0 Å². The van der Waals surface area contributed by atoms with Gasteiger partial charge in [0.05, 0.1) is 0 Å². The molecule has 2 heterocycles. The molecule has 29 heavy (non-hydrogen) atoms. The molecule has 1 saturated heterocycles. The molecule has 2 fully saturated rings. The Kier molecular flexibility index (Phi) is 5.26. The molecule has 1 aliphatic heterocycles. The van der Waals surface area contributed by atoms with E-state index in [9.17, 15) is 9.59 Å². The van der Waals surface area contributed by atoms with Crippen molar-refractivity contribution in [3.63, 3.8) is 0 Å². The van der Waals surface area contributed by atoms with Gasteiger partial charge in [0.2, 0.25) is 11.8 Å². The minimum Gasteiger partial charge on any atom is -0.353 e. The zero-order chi connectivity index (χ0) is 20.4. The van der Waals surface area contributed by atoms with Crippen molar-refractivity contribution in [2.75, 3.05) is 36.4 Å². The molecule has 0 radical (unpaired) electrons. The highest BCUT2D eigenvalue weighted by Crippen LogP contribution is 2.48. The lowest BCUT2D eigenvalue weighted by Gasteiger charge is -2.37. The first kappa shape index (κ1) is 19.4. The number of piperazine rings is 1. The van der Waals surface area contributed by atoms with Gasteiger partial charge in [0.1, 0.15) is 11.2 Å².